The molecular weight excluding hydrogens is 514 g/mol. The fourth-order valence-corrected chi connectivity index (χ4v) is 5.79. The Hall–Kier alpha value is -3.72. The van der Waals surface area contributed by atoms with Gasteiger partial charge in [0.15, 0.2) is 11.3 Å². The number of thioether (sulfide) groups is 1. The van der Waals surface area contributed by atoms with Crippen LogP contribution in [0.25, 0.3) is 0 Å². The van der Waals surface area contributed by atoms with E-state index in [9.17, 15) is 14.0 Å². The minimum atomic E-state index is -1.19. The third-order valence-electron chi connectivity index (χ3n) is 6.55. The van der Waals surface area contributed by atoms with Crippen LogP contribution in [-0.4, -0.2) is 50.0 Å². The van der Waals surface area contributed by atoms with E-state index in [1.807, 2.05) is 0 Å². The second-order valence-corrected chi connectivity index (χ2v) is 11.5. The van der Waals surface area contributed by atoms with Crippen molar-refractivity contribution in [2.45, 2.75) is 56.0 Å². The highest BCUT2D eigenvalue weighted by atomic mass is 32.2. The van der Waals surface area contributed by atoms with Crippen LogP contribution in [-0.2, 0) is 10.3 Å². The molecule has 9 nitrogen and oxygen atoms in total. The first kappa shape index (κ1) is 27.3. The van der Waals surface area contributed by atoms with Crippen molar-refractivity contribution in [2.24, 2.45) is 16.6 Å². The number of alkyl halides is 1. The molecule has 1 aromatic carbocycles. The number of fused-ring (bicyclic) bond motifs is 1. The fraction of sp³-hybridized carbons (Fsp3) is 0.423. The van der Waals surface area contributed by atoms with Crippen molar-refractivity contribution in [1.29, 1.82) is 0 Å². The predicted molar refractivity (Wildman–Crippen MR) is 141 cm³/mol. The third kappa shape index (κ3) is 5.15. The quantitative estimate of drug-likeness (QED) is 0.437. The molecule has 2 heterocycles. The molecular formula is C26H28F2N6O3S. The van der Waals surface area contributed by atoms with E-state index in [-0.39, 0.29) is 33.9 Å². The number of amidine groups is 1. The van der Waals surface area contributed by atoms with Crippen LogP contribution in [0.5, 0.6) is 5.88 Å². The number of nitrogens with one attached hydrogen (secondary N) is 2. The van der Waals surface area contributed by atoms with Crippen LogP contribution in [0.15, 0.2) is 35.6 Å². The smallest absolute Gasteiger partial charge is 0.275 e. The predicted octanol–water partition coefficient (Wildman–Crippen LogP) is 3.17. The lowest BCUT2D eigenvalue weighted by Crippen LogP contribution is -2.52. The Bertz CT molecular complexity index is 1350. The molecule has 2 aliphatic rings. The molecule has 1 fully saturated rings. The summed E-state index contributed by atoms with van der Waals surface area (Å²) in [7, 11) is 0. The zero-order chi connectivity index (χ0) is 27.9. The normalized spacial score (nSPS) is 24.8. The second kappa shape index (κ2) is 9.87. The van der Waals surface area contributed by atoms with E-state index in [4.69, 9.17) is 16.9 Å². The number of carbonyl (C=O) groups is 2. The summed E-state index contributed by atoms with van der Waals surface area (Å²) in [5.41, 5.74) is 4.33. The van der Waals surface area contributed by atoms with Gasteiger partial charge in [-0.15, -0.1) is 6.42 Å². The minimum absolute atomic E-state index is 0.00693. The highest BCUT2D eigenvalue weighted by Gasteiger charge is 2.71. The number of benzene rings is 1. The molecule has 12 heteroatoms. The average molecular weight is 543 g/mol. The highest BCUT2D eigenvalue weighted by molar-refractivity contribution is 8.15. The maximum absolute atomic E-state index is 15.2. The number of hydrogen-bond acceptors (Lipinski definition) is 8. The summed E-state index contributed by atoms with van der Waals surface area (Å²) in [5.74, 6) is 0.658. The molecule has 1 aromatic heterocycles. The summed E-state index contributed by atoms with van der Waals surface area (Å²) in [6.07, 6.45) is 7.66. The van der Waals surface area contributed by atoms with Gasteiger partial charge in [-0.25, -0.2) is 18.7 Å². The van der Waals surface area contributed by atoms with Crippen LogP contribution in [0.2, 0.25) is 0 Å². The molecule has 4 rings (SSSR count). The molecule has 1 aliphatic heterocycles. The Kier molecular flexibility index (Phi) is 7.09. The maximum Gasteiger partial charge on any atom is 0.275 e. The van der Waals surface area contributed by atoms with Gasteiger partial charge in [-0.3, -0.25) is 14.6 Å². The van der Waals surface area contributed by atoms with E-state index >= 15 is 4.39 Å². The molecule has 4 N–H and O–H groups in total. The number of aromatic nitrogens is 2. The topological polar surface area (TPSA) is 132 Å². The summed E-state index contributed by atoms with van der Waals surface area (Å²) in [6.45, 7) is 5.78. The number of nitrogens with two attached hydrogens (primary N) is 1. The SMILES string of the molecule is C#C[C@H](C)Oc1cnc(C(=O)Nc2ccc(F)c([C@@]3(C)N=C(N)S[C@@]4(C(=O)NC(C)(C)CF)CC43)c2)cn1. The van der Waals surface area contributed by atoms with E-state index in [1.54, 1.807) is 27.7 Å². The van der Waals surface area contributed by atoms with Crippen molar-refractivity contribution in [3.63, 3.8) is 0 Å². The number of aliphatic imine (C=N–C) groups is 1. The van der Waals surface area contributed by atoms with Gasteiger partial charge in [0.1, 0.15) is 22.9 Å². The van der Waals surface area contributed by atoms with E-state index in [2.05, 4.69) is 31.5 Å². The summed E-state index contributed by atoms with van der Waals surface area (Å²) in [4.78, 5) is 38.5. The van der Waals surface area contributed by atoms with E-state index in [1.165, 1.54) is 30.6 Å². The van der Waals surface area contributed by atoms with Crippen molar-refractivity contribution in [3.05, 3.63) is 47.7 Å². The molecule has 1 aliphatic carbocycles. The molecule has 2 amide bonds. The first-order chi connectivity index (χ1) is 17.8. The lowest BCUT2D eigenvalue weighted by molar-refractivity contribution is -0.123. The Morgan fingerprint density at radius 1 is 1.37 bits per heavy atom. The number of amides is 2. The van der Waals surface area contributed by atoms with Crippen LogP contribution in [0.4, 0.5) is 14.5 Å². The van der Waals surface area contributed by atoms with Crippen molar-refractivity contribution in [3.8, 4) is 18.2 Å². The molecule has 1 unspecified atom stereocenters. The zero-order valence-corrected chi connectivity index (χ0v) is 22.2. The molecule has 0 bridgehead atoms. The van der Waals surface area contributed by atoms with Crippen LogP contribution in [0.1, 0.15) is 50.2 Å². The van der Waals surface area contributed by atoms with Crippen molar-refractivity contribution in [2.75, 3.05) is 12.0 Å². The van der Waals surface area contributed by atoms with Gasteiger partial charge in [-0.2, -0.15) is 0 Å². The van der Waals surface area contributed by atoms with Crippen molar-refractivity contribution < 1.29 is 23.1 Å². The van der Waals surface area contributed by atoms with Crippen LogP contribution < -0.4 is 21.1 Å². The molecule has 1 saturated carbocycles. The van der Waals surface area contributed by atoms with Gasteiger partial charge in [-0.1, -0.05) is 17.7 Å². The van der Waals surface area contributed by atoms with E-state index in [0.717, 1.165) is 11.8 Å². The second-order valence-electron chi connectivity index (χ2n) is 10.1. The summed E-state index contributed by atoms with van der Waals surface area (Å²) in [6, 6.07) is 4.08. The number of nitrogens with zero attached hydrogens (tertiary/aromatic N) is 3. The molecule has 200 valence electrons. The molecule has 0 saturated heterocycles. The van der Waals surface area contributed by atoms with Gasteiger partial charge in [0, 0.05) is 17.2 Å². The number of anilines is 1. The number of ether oxygens (including phenoxy) is 1. The van der Waals surface area contributed by atoms with Crippen LogP contribution >= 0.6 is 11.8 Å². The molecule has 2 aromatic rings. The first-order valence-electron chi connectivity index (χ1n) is 11.8. The van der Waals surface area contributed by atoms with Gasteiger partial charge < -0.3 is 21.1 Å². The average Bonchev–Trinajstić information content (AvgIpc) is 3.62. The molecule has 4 atom stereocenters. The first-order valence-corrected chi connectivity index (χ1v) is 12.6. The van der Waals surface area contributed by atoms with Crippen molar-refractivity contribution >= 4 is 34.4 Å². The number of hydrogen-bond donors (Lipinski definition) is 3. The Balaban J connectivity index is 1.56. The Morgan fingerprint density at radius 2 is 2.11 bits per heavy atom. The number of rotatable bonds is 8. The zero-order valence-electron chi connectivity index (χ0n) is 21.3. The van der Waals surface area contributed by atoms with Crippen LogP contribution in [0, 0.1) is 24.1 Å². The van der Waals surface area contributed by atoms with Gasteiger partial charge in [0.2, 0.25) is 11.8 Å². The lowest BCUT2D eigenvalue weighted by atomic mass is 9.85. The number of terminal acetylenes is 1. The van der Waals surface area contributed by atoms with Gasteiger partial charge in [0.25, 0.3) is 5.91 Å². The van der Waals surface area contributed by atoms with Crippen LogP contribution in [0.3, 0.4) is 0 Å². The van der Waals surface area contributed by atoms with Gasteiger partial charge in [0.05, 0.1) is 23.5 Å². The van der Waals surface area contributed by atoms with Gasteiger partial charge >= 0.3 is 0 Å². The summed E-state index contributed by atoms with van der Waals surface area (Å²) < 4.78 is 32.9. The largest absolute Gasteiger partial charge is 0.460 e. The van der Waals surface area contributed by atoms with Gasteiger partial charge in [-0.05, 0) is 52.3 Å². The molecule has 0 spiro atoms. The number of carbonyl (C=O) groups excluding carboxylic acids is 2. The number of halogens is 2. The monoisotopic (exact) mass is 542 g/mol. The molecule has 0 radical (unpaired) electrons. The minimum Gasteiger partial charge on any atom is -0.460 e. The third-order valence-corrected chi connectivity index (χ3v) is 7.85. The highest BCUT2D eigenvalue weighted by Crippen LogP contribution is 2.66. The summed E-state index contributed by atoms with van der Waals surface area (Å²) in [5, 5.41) is 5.53. The fourth-order valence-electron chi connectivity index (χ4n) is 4.41. The Labute approximate surface area is 223 Å². The maximum atomic E-state index is 15.2. The molecule has 38 heavy (non-hydrogen) atoms. The van der Waals surface area contributed by atoms with Crippen molar-refractivity contribution in [1.82, 2.24) is 15.3 Å². The standard InChI is InChI=1S/C26H28F2N6O3S/c1-6-14(2)37-20-12-30-18(11-31-20)21(35)32-15-7-8-17(28)16(9-15)25(5)19-10-26(19,38-23(29)34-25)22(36)33-24(3,4)13-27/h1,7-9,11-12,14,19H,10,13H2,2-5H3,(H2,29,34)(H,32,35)(H,33,36)/t14-,19?,25+,26-/m0/s1. The van der Waals surface area contributed by atoms with E-state index in [0.29, 0.717) is 6.42 Å². The van der Waals surface area contributed by atoms with E-state index < -0.39 is 46.2 Å². The lowest BCUT2D eigenvalue weighted by Gasteiger charge is -2.35. The Morgan fingerprint density at radius 3 is 2.74 bits per heavy atom. The summed E-state index contributed by atoms with van der Waals surface area (Å²) >= 11 is 1.11.